The fourth-order valence-electron chi connectivity index (χ4n) is 9.31. The van der Waals surface area contributed by atoms with E-state index in [2.05, 4.69) is 65.5 Å². The molecule has 0 atom stereocenters. The van der Waals surface area contributed by atoms with Gasteiger partial charge in [0.05, 0.1) is 6.57 Å². The molecule has 4 fully saturated rings. The maximum absolute atomic E-state index is 8.34. The summed E-state index contributed by atoms with van der Waals surface area (Å²) in [4.78, 5) is 19.2. The molecule has 0 spiro atoms. The van der Waals surface area contributed by atoms with Crippen LogP contribution in [0.25, 0.3) is 61.3 Å². The van der Waals surface area contributed by atoms with Crippen LogP contribution in [0.2, 0.25) is 0 Å². The van der Waals surface area contributed by atoms with E-state index in [0.717, 1.165) is 62.4 Å². The van der Waals surface area contributed by atoms with Crippen LogP contribution in [0.5, 0.6) is 0 Å². The van der Waals surface area contributed by atoms with Crippen LogP contribution in [0.3, 0.4) is 0 Å². The Labute approximate surface area is 282 Å². The monoisotopic (exact) mass is 620 g/mol. The van der Waals surface area contributed by atoms with Crippen molar-refractivity contribution >= 4 is 5.69 Å². The highest BCUT2D eigenvalue weighted by atomic mass is 15.0. The van der Waals surface area contributed by atoms with Gasteiger partial charge >= 0.3 is 0 Å². The van der Waals surface area contributed by atoms with Crippen LogP contribution in [0.1, 0.15) is 44.1 Å². The summed E-state index contributed by atoms with van der Waals surface area (Å²) in [6.45, 7) is 8.34. The van der Waals surface area contributed by atoms with E-state index in [9.17, 15) is 0 Å². The average Bonchev–Trinajstić information content (AvgIpc) is 3.15. The number of nitrogens with zero attached hydrogens (tertiary/aromatic N) is 4. The van der Waals surface area contributed by atoms with Crippen molar-refractivity contribution in [2.75, 3.05) is 0 Å². The van der Waals surface area contributed by atoms with Gasteiger partial charge in [0, 0.05) is 16.7 Å². The molecule has 4 saturated carbocycles. The molecule has 6 aromatic rings. The summed E-state index contributed by atoms with van der Waals surface area (Å²) >= 11 is 0. The van der Waals surface area contributed by atoms with E-state index in [-0.39, 0.29) is 5.41 Å². The molecule has 4 aliphatic carbocycles. The molecule has 1 heterocycles. The third-order valence-electron chi connectivity index (χ3n) is 11.1. The normalized spacial score (nSPS) is 22.4. The van der Waals surface area contributed by atoms with Gasteiger partial charge in [-0.1, -0.05) is 115 Å². The first-order valence-electron chi connectivity index (χ1n) is 17.2. The fraction of sp³-hybridized carbons (Fsp3) is 0.227. The van der Waals surface area contributed by atoms with Crippen molar-refractivity contribution < 1.29 is 0 Å². The molecule has 232 valence electrons. The second kappa shape index (κ2) is 11.7. The molecule has 10 rings (SSSR count). The number of hydrogen-bond donors (Lipinski definition) is 0. The van der Waals surface area contributed by atoms with Crippen LogP contribution in [-0.2, 0) is 5.41 Å². The Balaban J connectivity index is 1.20. The lowest BCUT2D eigenvalue weighted by atomic mass is 9.48. The summed E-state index contributed by atoms with van der Waals surface area (Å²) < 4.78 is 0. The second-order valence-corrected chi connectivity index (χ2v) is 14.2. The van der Waals surface area contributed by atoms with Crippen LogP contribution in [0.15, 0.2) is 127 Å². The van der Waals surface area contributed by atoms with Crippen LogP contribution in [0.4, 0.5) is 5.69 Å². The third-order valence-corrected chi connectivity index (χ3v) is 11.1. The van der Waals surface area contributed by atoms with Gasteiger partial charge in [-0.25, -0.2) is 19.8 Å². The fourth-order valence-corrected chi connectivity index (χ4v) is 9.31. The smallest absolute Gasteiger partial charge is 0.195 e. The van der Waals surface area contributed by atoms with E-state index < -0.39 is 0 Å². The standard InChI is InChI=1S/C44H36N4/c1-45-40-25-38(44-26-29-19-30(27-44)21-31(20-29)28-44)17-18-39(40)36-22-35(32-11-5-2-6-12-32)23-37(24-36)43-47-41(33-13-7-3-8-14-33)46-42(48-43)34-15-9-4-10-16-34/h2-18,22-25,29-31H,19-21,26-28H2. The summed E-state index contributed by atoms with van der Waals surface area (Å²) in [6.07, 6.45) is 8.11. The lowest BCUT2D eigenvalue weighted by Gasteiger charge is -2.57. The highest BCUT2D eigenvalue weighted by Gasteiger charge is 2.51. The Kier molecular flexibility index (Phi) is 7.01. The minimum atomic E-state index is 0.246. The molecule has 1 aromatic heterocycles. The quantitative estimate of drug-likeness (QED) is 0.174. The Bertz CT molecular complexity index is 2070. The first-order chi connectivity index (χ1) is 23.6. The van der Waals surface area contributed by atoms with E-state index in [1.807, 2.05) is 66.7 Å². The predicted octanol–water partition coefficient (Wildman–Crippen LogP) is 11.2. The van der Waals surface area contributed by atoms with Crippen molar-refractivity contribution in [3.05, 3.63) is 144 Å². The summed E-state index contributed by atoms with van der Waals surface area (Å²) in [7, 11) is 0. The molecule has 0 unspecified atom stereocenters. The van der Waals surface area contributed by atoms with Gasteiger partial charge < -0.3 is 0 Å². The molecular formula is C44H36N4. The van der Waals surface area contributed by atoms with E-state index in [4.69, 9.17) is 21.5 Å². The second-order valence-electron chi connectivity index (χ2n) is 14.2. The van der Waals surface area contributed by atoms with Crippen molar-refractivity contribution in [3.8, 4) is 56.4 Å². The zero-order valence-corrected chi connectivity index (χ0v) is 26.9. The van der Waals surface area contributed by atoms with Crippen molar-refractivity contribution in [1.82, 2.24) is 15.0 Å². The molecular weight excluding hydrogens is 585 g/mol. The minimum absolute atomic E-state index is 0.246. The predicted molar refractivity (Wildman–Crippen MR) is 193 cm³/mol. The lowest BCUT2D eigenvalue weighted by Crippen LogP contribution is -2.48. The molecule has 0 saturated heterocycles. The van der Waals surface area contributed by atoms with E-state index in [1.54, 1.807) is 0 Å². The van der Waals surface area contributed by atoms with Gasteiger partial charge in [0.2, 0.25) is 0 Å². The van der Waals surface area contributed by atoms with Gasteiger partial charge in [-0.3, -0.25) is 0 Å². The van der Waals surface area contributed by atoms with Gasteiger partial charge in [0.15, 0.2) is 23.2 Å². The van der Waals surface area contributed by atoms with Crippen LogP contribution in [0, 0.1) is 24.3 Å². The molecule has 4 heteroatoms. The Morgan fingerprint density at radius 2 is 0.938 bits per heavy atom. The van der Waals surface area contributed by atoms with Crippen molar-refractivity contribution in [3.63, 3.8) is 0 Å². The molecule has 4 aliphatic rings. The largest absolute Gasteiger partial charge is 0.238 e. The molecule has 0 radical (unpaired) electrons. The number of benzene rings is 5. The van der Waals surface area contributed by atoms with Crippen molar-refractivity contribution in [2.24, 2.45) is 17.8 Å². The molecule has 0 amide bonds. The van der Waals surface area contributed by atoms with E-state index in [1.165, 1.54) is 44.1 Å². The molecule has 5 aromatic carbocycles. The lowest BCUT2D eigenvalue weighted by molar-refractivity contribution is -0.00515. The third kappa shape index (κ3) is 5.20. The summed E-state index contributed by atoms with van der Waals surface area (Å²) in [5.41, 5.74) is 9.25. The maximum atomic E-state index is 8.34. The summed E-state index contributed by atoms with van der Waals surface area (Å²) in [5, 5.41) is 0. The van der Waals surface area contributed by atoms with Crippen molar-refractivity contribution in [1.29, 1.82) is 0 Å². The van der Waals surface area contributed by atoms with E-state index >= 15 is 0 Å². The van der Waals surface area contributed by atoms with Gasteiger partial charge in [-0.15, -0.1) is 0 Å². The Hall–Kier alpha value is -5.40. The minimum Gasteiger partial charge on any atom is -0.238 e. The first kappa shape index (κ1) is 28.8. The Morgan fingerprint density at radius 1 is 0.479 bits per heavy atom. The number of aromatic nitrogens is 3. The highest BCUT2D eigenvalue weighted by Crippen LogP contribution is 2.61. The van der Waals surface area contributed by atoms with E-state index in [0.29, 0.717) is 17.5 Å². The van der Waals surface area contributed by atoms with Gasteiger partial charge in [0.25, 0.3) is 0 Å². The molecule has 48 heavy (non-hydrogen) atoms. The highest BCUT2D eigenvalue weighted by molar-refractivity contribution is 5.86. The molecule has 0 aliphatic heterocycles. The topological polar surface area (TPSA) is 43.0 Å². The molecule has 0 N–H and O–H groups in total. The van der Waals surface area contributed by atoms with Gasteiger partial charge in [0.1, 0.15) is 0 Å². The van der Waals surface area contributed by atoms with Gasteiger partial charge in [-0.05, 0) is 102 Å². The average molecular weight is 621 g/mol. The first-order valence-corrected chi connectivity index (χ1v) is 17.2. The maximum Gasteiger partial charge on any atom is 0.195 e. The summed E-state index contributed by atoms with van der Waals surface area (Å²) in [5.74, 6) is 4.45. The molecule has 4 nitrogen and oxygen atoms in total. The van der Waals surface area contributed by atoms with Gasteiger partial charge in [-0.2, -0.15) is 0 Å². The zero-order chi connectivity index (χ0) is 32.1. The van der Waals surface area contributed by atoms with Crippen LogP contribution < -0.4 is 0 Å². The number of rotatable bonds is 6. The van der Waals surface area contributed by atoms with Crippen molar-refractivity contribution in [2.45, 2.75) is 43.9 Å². The molecule has 4 bridgehead atoms. The number of hydrogen-bond acceptors (Lipinski definition) is 3. The zero-order valence-electron chi connectivity index (χ0n) is 26.9. The SMILES string of the molecule is [C-]#[N+]c1cc(C23CC4CC(CC(C4)C2)C3)ccc1-c1cc(-c2ccccc2)cc(-c2nc(-c3ccccc3)nc(-c3ccccc3)n2)c1. The van der Waals surface area contributed by atoms with Crippen LogP contribution >= 0.6 is 0 Å². The summed E-state index contributed by atoms with van der Waals surface area (Å²) in [6, 6.07) is 43.9. The van der Waals surface area contributed by atoms with Crippen LogP contribution in [-0.4, -0.2) is 15.0 Å². The Morgan fingerprint density at radius 3 is 1.46 bits per heavy atom.